The molecule has 3 aromatic rings. The van der Waals surface area contributed by atoms with Crippen molar-refractivity contribution in [3.05, 3.63) is 65.2 Å². The van der Waals surface area contributed by atoms with E-state index in [1.165, 1.54) is 30.3 Å². The SMILES string of the molecule is CCOC(=O)CCCNC(=O)c1ccc2nc(-c3cc(C(F)(F)F)cc(C(F)(F)F)c3)ccc2c1. The molecular weight excluding hydrogens is 478 g/mol. The van der Waals surface area contributed by atoms with Gasteiger partial charge in [-0.25, -0.2) is 4.98 Å². The zero-order valence-corrected chi connectivity index (χ0v) is 18.4. The third-order valence-electron chi connectivity index (χ3n) is 4.98. The molecule has 0 saturated carbocycles. The molecule has 2 aromatic carbocycles. The Morgan fingerprint density at radius 3 is 2.17 bits per heavy atom. The monoisotopic (exact) mass is 498 g/mol. The van der Waals surface area contributed by atoms with Gasteiger partial charge < -0.3 is 10.1 Å². The van der Waals surface area contributed by atoms with Crippen molar-refractivity contribution in [2.45, 2.75) is 32.1 Å². The van der Waals surface area contributed by atoms with Crippen LogP contribution >= 0.6 is 0 Å². The van der Waals surface area contributed by atoms with Crippen LogP contribution in [0.4, 0.5) is 26.3 Å². The molecule has 1 amide bonds. The Kier molecular flexibility index (Phi) is 7.67. The van der Waals surface area contributed by atoms with E-state index in [4.69, 9.17) is 4.74 Å². The van der Waals surface area contributed by atoms with Crippen molar-refractivity contribution < 1.29 is 40.7 Å². The van der Waals surface area contributed by atoms with Gasteiger partial charge in [-0.05, 0) is 55.8 Å². The van der Waals surface area contributed by atoms with E-state index in [0.717, 1.165) is 0 Å². The Morgan fingerprint density at radius 2 is 1.57 bits per heavy atom. The van der Waals surface area contributed by atoms with Gasteiger partial charge in [-0.2, -0.15) is 26.3 Å². The van der Waals surface area contributed by atoms with Gasteiger partial charge in [-0.1, -0.05) is 6.07 Å². The fourth-order valence-electron chi connectivity index (χ4n) is 3.30. The van der Waals surface area contributed by atoms with Gasteiger partial charge in [-0.15, -0.1) is 0 Å². The number of hydrogen-bond acceptors (Lipinski definition) is 4. The molecule has 186 valence electrons. The maximum atomic E-state index is 13.2. The van der Waals surface area contributed by atoms with E-state index in [-0.39, 0.29) is 53.9 Å². The van der Waals surface area contributed by atoms with Gasteiger partial charge in [0.05, 0.1) is 28.9 Å². The lowest BCUT2D eigenvalue weighted by molar-refractivity contribution is -0.144. The van der Waals surface area contributed by atoms with Crippen molar-refractivity contribution in [3.8, 4) is 11.3 Å². The number of carbonyl (C=O) groups is 2. The third-order valence-corrected chi connectivity index (χ3v) is 4.98. The number of alkyl halides is 6. The Labute approximate surface area is 196 Å². The number of nitrogens with one attached hydrogen (secondary N) is 1. The second-order valence-corrected chi connectivity index (χ2v) is 7.56. The summed E-state index contributed by atoms with van der Waals surface area (Å²) in [6.45, 7) is 2.20. The Hall–Kier alpha value is -3.63. The summed E-state index contributed by atoms with van der Waals surface area (Å²) in [5.74, 6) is -0.773. The standard InChI is InChI=1S/C24H20F6N2O3/c1-2-35-21(33)4-3-9-31-22(34)15-6-8-19-14(10-15)5-7-20(32-19)16-11-17(23(25,26)27)13-18(12-16)24(28,29)30/h5-8,10-13H,2-4,9H2,1H3,(H,31,34). The van der Waals surface area contributed by atoms with E-state index in [1.54, 1.807) is 6.92 Å². The van der Waals surface area contributed by atoms with Crippen LogP contribution in [-0.2, 0) is 21.9 Å². The highest BCUT2D eigenvalue weighted by molar-refractivity contribution is 5.98. The average Bonchev–Trinajstić information content (AvgIpc) is 2.79. The highest BCUT2D eigenvalue weighted by atomic mass is 19.4. The maximum absolute atomic E-state index is 13.2. The Balaban J connectivity index is 1.82. The highest BCUT2D eigenvalue weighted by Crippen LogP contribution is 2.38. The second-order valence-electron chi connectivity index (χ2n) is 7.56. The Morgan fingerprint density at radius 1 is 0.914 bits per heavy atom. The van der Waals surface area contributed by atoms with Crippen LogP contribution in [0.25, 0.3) is 22.2 Å². The predicted molar refractivity (Wildman–Crippen MR) is 115 cm³/mol. The van der Waals surface area contributed by atoms with Gasteiger partial charge in [0.15, 0.2) is 0 Å². The first-order chi connectivity index (χ1) is 16.4. The number of esters is 1. The van der Waals surface area contributed by atoms with Crippen LogP contribution in [0.2, 0.25) is 0 Å². The van der Waals surface area contributed by atoms with Crippen molar-refractivity contribution >= 4 is 22.8 Å². The number of ether oxygens (including phenoxy) is 1. The van der Waals surface area contributed by atoms with Crippen LogP contribution in [0.5, 0.6) is 0 Å². The van der Waals surface area contributed by atoms with Crippen molar-refractivity contribution in [3.63, 3.8) is 0 Å². The van der Waals surface area contributed by atoms with E-state index >= 15 is 0 Å². The minimum atomic E-state index is -4.97. The zero-order chi connectivity index (χ0) is 25.8. The number of benzene rings is 2. The number of rotatable bonds is 7. The highest BCUT2D eigenvalue weighted by Gasteiger charge is 2.37. The van der Waals surface area contributed by atoms with Crippen molar-refractivity contribution in [2.75, 3.05) is 13.2 Å². The van der Waals surface area contributed by atoms with E-state index in [0.29, 0.717) is 23.9 Å². The number of aromatic nitrogens is 1. The summed E-state index contributed by atoms with van der Waals surface area (Å²) in [6, 6.07) is 8.42. The van der Waals surface area contributed by atoms with Crippen LogP contribution in [0.1, 0.15) is 41.3 Å². The normalized spacial score (nSPS) is 12.0. The Bertz CT molecular complexity index is 1210. The van der Waals surface area contributed by atoms with Gasteiger partial charge in [0.25, 0.3) is 5.91 Å². The molecule has 0 unspecified atom stereocenters. The molecule has 3 rings (SSSR count). The second kappa shape index (κ2) is 10.3. The number of hydrogen-bond donors (Lipinski definition) is 1. The van der Waals surface area contributed by atoms with E-state index in [2.05, 4.69) is 10.3 Å². The van der Waals surface area contributed by atoms with Crippen LogP contribution in [0.15, 0.2) is 48.5 Å². The van der Waals surface area contributed by atoms with Gasteiger partial charge in [0, 0.05) is 29.5 Å². The van der Waals surface area contributed by atoms with Crippen molar-refractivity contribution in [1.29, 1.82) is 0 Å². The molecule has 1 N–H and O–H groups in total. The van der Waals surface area contributed by atoms with Crippen LogP contribution in [0, 0.1) is 0 Å². The molecule has 0 fully saturated rings. The van der Waals surface area contributed by atoms with E-state index in [9.17, 15) is 35.9 Å². The largest absolute Gasteiger partial charge is 0.466 e. The molecule has 1 aromatic heterocycles. The summed E-state index contributed by atoms with van der Waals surface area (Å²) in [4.78, 5) is 27.9. The van der Waals surface area contributed by atoms with Crippen molar-refractivity contribution in [2.24, 2.45) is 0 Å². The van der Waals surface area contributed by atoms with Gasteiger partial charge >= 0.3 is 18.3 Å². The van der Waals surface area contributed by atoms with Gasteiger partial charge in [0.2, 0.25) is 0 Å². The molecule has 0 saturated heterocycles. The summed E-state index contributed by atoms with van der Waals surface area (Å²) in [6.07, 6.45) is -9.39. The van der Waals surface area contributed by atoms with E-state index < -0.39 is 29.4 Å². The lowest BCUT2D eigenvalue weighted by Crippen LogP contribution is -2.25. The number of fused-ring (bicyclic) bond motifs is 1. The third kappa shape index (κ3) is 6.71. The zero-order valence-electron chi connectivity index (χ0n) is 18.4. The number of amides is 1. The molecule has 0 bridgehead atoms. The number of nitrogens with zero attached hydrogens (tertiary/aromatic N) is 1. The van der Waals surface area contributed by atoms with Crippen LogP contribution in [-0.4, -0.2) is 30.0 Å². The number of halogens is 6. The fourth-order valence-corrected chi connectivity index (χ4v) is 3.30. The summed E-state index contributed by atoms with van der Waals surface area (Å²) in [5, 5.41) is 3.13. The lowest BCUT2D eigenvalue weighted by atomic mass is 10.0. The lowest BCUT2D eigenvalue weighted by Gasteiger charge is -2.14. The van der Waals surface area contributed by atoms with Crippen LogP contribution < -0.4 is 5.32 Å². The molecular formula is C24H20F6N2O3. The first-order valence-corrected chi connectivity index (χ1v) is 10.5. The van der Waals surface area contributed by atoms with Gasteiger partial charge in [0.1, 0.15) is 0 Å². The summed E-state index contributed by atoms with van der Waals surface area (Å²) < 4.78 is 83.8. The summed E-state index contributed by atoms with van der Waals surface area (Å²) in [5.41, 5.74) is -2.71. The number of carbonyl (C=O) groups excluding carboxylic acids is 2. The molecule has 5 nitrogen and oxygen atoms in total. The summed E-state index contributed by atoms with van der Waals surface area (Å²) >= 11 is 0. The molecule has 35 heavy (non-hydrogen) atoms. The first-order valence-electron chi connectivity index (χ1n) is 10.5. The predicted octanol–water partition coefficient (Wildman–Crippen LogP) is 6.01. The topological polar surface area (TPSA) is 68.3 Å². The number of pyridine rings is 1. The molecule has 0 atom stereocenters. The minimum Gasteiger partial charge on any atom is -0.466 e. The molecule has 0 aliphatic rings. The first kappa shape index (κ1) is 26.0. The molecule has 11 heteroatoms. The summed E-state index contributed by atoms with van der Waals surface area (Å²) in [7, 11) is 0. The molecule has 0 aliphatic heterocycles. The van der Waals surface area contributed by atoms with Crippen molar-refractivity contribution in [1.82, 2.24) is 10.3 Å². The molecule has 1 heterocycles. The maximum Gasteiger partial charge on any atom is 0.416 e. The minimum absolute atomic E-state index is 0.0577. The fraction of sp³-hybridized carbons (Fsp3) is 0.292. The molecule has 0 radical (unpaired) electrons. The molecule has 0 spiro atoms. The van der Waals surface area contributed by atoms with Gasteiger partial charge in [-0.3, -0.25) is 9.59 Å². The smallest absolute Gasteiger partial charge is 0.416 e. The average molecular weight is 498 g/mol. The molecule has 0 aliphatic carbocycles. The van der Waals surface area contributed by atoms with Crippen LogP contribution in [0.3, 0.4) is 0 Å². The van der Waals surface area contributed by atoms with E-state index in [1.807, 2.05) is 0 Å². The quantitative estimate of drug-likeness (QED) is 0.246.